The SMILES string of the molecule is C=Cc1c(N=C)c(N)nc2ccc(C)cc12. The van der Waals surface area contributed by atoms with Gasteiger partial charge in [0, 0.05) is 10.9 Å². The highest BCUT2D eigenvalue weighted by Gasteiger charge is 2.09. The molecule has 0 bridgehead atoms. The van der Waals surface area contributed by atoms with Gasteiger partial charge in [0.1, 0.15) is 5.69 Å². The quantitative estimate of drug-likeness (QED) is 0.776. The molecule has 2 rings (SSSR count). The summed E-state index contributed by atoms with van der Waals surface area (Å²) in [5, 5.41) is 1.01. The maximum Gasteiger partial charge on any atom is 0.150 e. The van der Waals surface area contributed by atoms with Crippen LogP contribution in [0, 0.1) is 6.92 Å². The topological polar surface area (TPSA) is 51.3 Å². The summed E-state index contributed by atoms with van der Waals surface area (Å²) in [4.78, 5) is 8.20. The zero-order chi connectivity index (χ0) is 11.7. The van der Waals surface area contributed by atoms with Crippen molar-refractivity contribution in [3.05, 3.63) is 35.9 Å². The molecule has 0 atom stereocenters. The number of aryl methyl sites for hydroxylation is 1. The van der Waals surface area contributed by atoms with Gasteiger partial charge in [-0.1, -0.05) is 24.3 Å². The molecule has 3 nitrogen and oxygen atoms in total. The first-order chi connectivity index (χ1) is 7.67. The summed E-state index contributed by atoms with van der Waals surface area (Å²) < 4.78 is 0. The van der Waals surface area contributed by atoms with E-state index >= 15 is 0 Å². The van der Waals surface area contributed by atoms with E-state index < -0.39 is 0 Å². The van der Waals surface area contributed by atoms with E-state index in [1.807, 2.05) is 25.1 Å². The largest absolute Gasteiger partial charge is 0.382 e. The van der Waals surface area contributed by atoms with Crippen LogP contribution in [0.4, 0.5) is 11.5 Å². The van der Waals surface area contributed by atoms with Crippen LogP contribution in [0.5, 0.6) is 0 Å². The maximum atomic E-state index is 5.82. The molecule has 0 aliphatic heterocycles. The highest BCUT2D eigenvalue weighted by molar-refractivity contribution is 5.96. The van der Waals surface area contributed by atoms with Gasteiger partial charge in [-0.3, -0.25) is 4.99 Å². The molecule has 0 amide bonds. The van der Waals surface area contributed by atoms with Gasteiger partial charge in [0.05, 0.1) is 5.52 Å². The molecule has 80 valence electrons. The highest BCUT2D eigenvalue weighted by Crippen LogP contribution is 2.32. The summed E-state index contributed by atoms with van der Waals surface area (Å²) in [6.07, 6.45) is 1.74. The zero-order valence-corrected chi connectivity index (χ0v) is 9.20. The van der Waals surface area contributed by atoms with Gasteiger partial charge in [-0.05, 0) is 25.8 Å². The number of fused-ring (bicyclic) bond motifs is 1. The lowest BCUT2D eigenvalue weighted by atomic mass is 10.0. The standard InChI is InChI=1S/C13H13N3/c1-4-9-10-7-8(2)5-6-11(10)16-13(14)12(9)15-3/h4-7H,1,3H2,2H3,(H2,14,16). The summed E-state index contributed by atoms with van der Waals surface area (Å²) in [6, 6.07) is 6.00. The molecule has 0 fully saturated rings. The Morgan fingerprint density at radius 2 is 2.19 bits per heavy atom. The molecule has 1 aromatic heterocycles. The molecule has 0 radical (unpaired) electrons. The number of nitrogen functional groups attached to an aromatic ring is 1. The average molecular weight is 211 g/mol. The van der Waals surface area contributed by atoms with Crippen molar-refractivity contribution >= 4 is 35.2 Å². The fourth-order valence-electron chi connectivity index (χ4n) is 1.78. The molecular weight excluding hydrogens is 198 g/mol. The Morgan fingerprint density at radius 3 is 2.81 bits per heavy atom. The molecule has 3 heteroatoms. The number of anilines is 1. The molecule has 1 aromatic carbocycles. The van der Waals surface area contributed by atoms with E-state index in [9.17, 15) is 0 Å². The Morgan fingerprint density at radius 1 is 1.44 bits per heavy atom. The van der Waals surface area contributed by atoms with E-state index in [0.29, 0.717) is 11.5 Å². The monoisotopic (exact) mass is 211 g/mol. The first-order valence-corrected chi connectivity index (χ1v) is 4.96. The predicted molar refractivity (Wildman–Crippen MR) is 70.2 cm³/mol. The summed E-state index contributed by atoms with van der Waals surface area (Å²) in [7, 11) is 0. The number of pyridine rings is 1. The Bertz CT molecular complexity index is 585. The normalized spacial score (nSPS) is 10.3. The molecule has 2 aromatic rings. The van der Waals surface area contributed by atoms with E-state index in [1.165, 1.54) is 0 Å². The third-order valence-corrected chi connectivity index (χ3v) is 2.54. The Labute approximate surface area is 94.3 Å². The number of nitrogens with two attached hydrogens (primary N) is 1. The second kappa shape index (κ2) is 3.77. The number of rotatable bonds is 2. The molecule has 0 unspecified atom stereocenters. The number of aromatic nitrogens is 1. The van der Waals surface area contributed by atoms with E-state index in [1.54, 1.807) is 6.08 Å². The first kappa shape index (κ1) is 10.4. The van der Waals surface area contributed by atoms with Crippen LogP contribution < -0.4 is 5.73 Å². The van der Waals surface area contributed by atoms with Crippen LogP contribution in [0.1, 0.15) is 11.1 Å². The number of nitrogens with zero attached hydrogens (tertiary/aromatic N) is 2. The predicted octanol–water partition coefficient (Wildman–Crippen LogP) is 3.10. The van der Waals surface area contributed by atoms with Gasteiger partial charge in [0.25, 0.3) is 0 Å². The smallest absolute Gasteiger partial charge is 0.150 e. The molecule has 1 heterocycles. The minimum absolute atomic E-state index is 0.390. The van der Waals surface area contributed by atoms with Crippen LogP contribution in [0.15, 0.2) is 29.8 Å². The second-order valence-corrected chi connectivity index (χ2v) is 3.64. The molecule has 0 aliphatic carbocycles. The van der Waals surface area contributed by atoms with E-state index in [-0.39, 0.29) is 0 Å². The molecule has 0 aliphatic rings. The van der Waals surface area contributed by atoms with Gasteiger partial charge in [0.2, 0.25) is 0 Å². The summed E-state index contributed by atoms with van der Waals surface area (Å²) in [5.41, 5.74) is 9.33. The van der Waals surface area contributed by atoms with E-state index in [2.05, 4.69) is 23.3 Å². The van der Waals surface area contributed by atoms with Crippen molar-refractivity contribution in [2.75, 3.05) is 5.73 Å². The summed E-state index contributed by atoms with van der Waals surface area (Å²) in [6.45, 7) is 9.33. The fraction of sp³-hybridized carbons (Fsp3) is 0.0769. The highest BCUT2D eigenvalue weighted by atomic mass is 14.9. The molecule has 0 saturated heterocycles. The summed E-state index contributed by atoms with van der Waals surface area (Å²) in [5.74, 6) is 0.390. The lowest BCUT2D eigenvalue weighted by Crippen LogP contribution is -1.94. The lowest BCUT2D eigenvalue weighted by molar-refractivity contribution is 1.37. The third-order valence-electron chi connectivity index (χ3n) is 2.54. The van der Waals surface area contributed by atoms with Gasteiger partial charge in [0.15, 0.2) is 5.82 Å². The van der Waals surface area contributed by atoms with Crippen molar-refractivity contribution in [1.82, 2.24) is 4.98 Å². The second-order valence-electron chi connectivity index (χ2n) is 3.64. The minimum atomic E-state index is 0.390. The lowest BCUT2D eigenvalue weighted by Gasteiger charge is -2.08. The number of hydrogen-bond donors (Lipinski definition) is 1. The van der Waals surface area contributed by atoms with Crippen molar-refractivity contribution in [3.8, 4) is 0 Å². The molecule has 0 saturated carbocycles. The molecular formula is C13H13N3. The Balaban J connectivity index is 2.97. The summed E-state index contributed by atoms with van der Waals surface area (Å²) >= 11 is 0. The van der Waals surface area contributed by atoms with Crippen LogP contribution in [0.3, 0.4) is 0 Å². The van der Waals surface area contributed by atoms with Crippen molar-refractivity contribution < 1.29 is 0 Å². The third kappa shape index (κ3) is 1.46. The zero-order valence-electron chi connectivity index (χ0n) is 9.20. The number of hydrogen-bond acceptors (Lipinski definition) is 3. The van der Waals surface area contributed by atoms with Crippen LogP contribution in [0.25, 0.3) is 17.0 Å². The molecule has 16 heavy (non-hydrogen) atoms. The number of benzene rings is 1. The number of aliphatic imine (C=N–C) groups is 1. The van der Waals surface area contributed by atoms with E-state index in [0.717, 1.165) is 22.0 Å². The van der Waals surface area contributed by atoms with Gasteiger partial charge in [-0.15, -0.1) is 0 Å². The van der Waals surface area contributed by atoms with Crippen LogP contribution in [0.2, 0.25) is 0 Å². The Kier molecular flexibility index (Phi) is 2.44. The average Bonchev–Trinajstić information content (AvgIpc) is 2.28. The van der Waals surface area contributed by atoms with Gasteiger partial charge >= 0.3 is 0 Å². The fourth-order valence-corrected chi connectivity index (χ4v) is 1.78. The van der Waals surface area contributed by atoms with Gasteiger partial charge in [-0.2, -0.15) is 0 Å². The first-order valence-electron chi connectivity index (χ1n) is 4.96. The van der Waals surface area contributed by atoms with Gasteiger partial charge < -0.3 is 5.73 Å². The van der Waals surface area contributed by atoms with Crippen molar-refractivity contribution in [3.63, 3.8) is 0 Å². The van der Waals surface area contributed by atoms with Crippen LogP contribution in [-0.4, -0.2) is 11.7 Å². The van der Waals surface area contributed by atoms with Gasteiger partial charge in [-0.25, -0.2) is 4.98 Å². The maximum absolute atomic E-state index is 5.82. The molecule has 2 N–H and O–H groups in total. The van der Waals surface area contributed by atoms with Crippen LogP contribution in [-0.2, 0) is 0 Å². The van der Waals surface area contributed by atoms with Crippen molar-refractivity contribution in [2.45, 2.75) is 6.92 Å². The van der Waals surface area contributed by atoms with E-state index in [4.69, 9.17) is 5.73 Å². The molecule has 0 spiro atoms. The van der Waals surface area contributed by atoms with Crippen molar-refractivity contribution in [2.24, 2.45) is 4.99 Å². The minimum Gasteiger partial charge on any atom is -0.382 e. The van der Waals surface area contributed by atoms with Crippen molar-refractivity contribution in [1.29, 1.82) is 0 Å². The Hall–Kier alpha value is -2.16. The van der Waals surface area contributed by atoms with Crippen LogP contribution >= 0.6 is 0 Å².